The molecule has 1 heteroatoms. The van der Waals surface area contributed by atoms with Crippen LogP contribution < -0.4 is 5.73 Å². The van der Waals surface area contributed by atoms with Crippen molar-refractivity contribution >= 4 is 5.69 Å². The summed E-state index contributed by atoms with van der Waals surface area (Å²) in [7, 11) is 0. The molecule has 0 spiro atoms. The van der Waals surface area contributed by atoms with Gasteiger partial charge in [0.2, 0.25) is 0 Å². The van der Waals surface area contributed by atoms with Gasteiger partial charge in [0.1, 0.15) is 0 Å². The van der Waals surface area contributed by atoms with E-state index >= 15 is 0 Å². The van der Waals surface area contributed by atoms with E-state index in [9.17, 15) is 0 Å². The summed E-state index contributed by atoms with van der Waals surface area (Å²) in [6.45, 7) is 8.63. The first-order chi connectivity index (χ1) is 6.57. The molecule has 1 aromatic rings. The average Bonchev–Trinajstić information content (AvgIpc) is 2.14. The van der Waals surface area contributed by atoms with E-state index in [1.165, 1.54) is 41.5 Å². The number of aryl methyl sites for hydroxylation is 2. The molecule has 0 amide bonds. The molecule has 0 saturated heterocycles. The number of anilines is 1. The van der Waals surface area contributed by atoms with E-state index in [2.05, 4.69) is 33.8 Å². The molecule has 0 aliphatic heterocycles. The zero-order chi connectivity index (χ0) is 10.7. The van der Waals surface area contributed by atoms with Crippen LogP contribution in [0.5, 0.6) is 0 Å². The van der Waals surface area contributed by atoms with Crippen molar-refractivity contribution in [3.8, 4) is 0 Å². The van der Waals surface area contributed by atoms with Gasteiger partial charge in [-0.1, -0.05) is 19.4 Å². The van der Waals surface area contributed by atoms with Crippen LogP contribution >= 0.6 is 0 Å². The van der Waals surface area contributed by atoms with Crippen molar-refractivity contribution in [2.45, 2.75) is 47.0 Å². The van der Waals surface area contributed by atoms with Crippen molar-refractivity contribution in [3.05, 3.63) is 28.3 Å². The lowest BCUT2D eigenvalue weighted by Gasteiger charge is -2.14. The minimum Gasteiger partial charge on any atom is -0.398 e. The highest BCUT2D eigenvalue weighted by Crippen LogP contribution is 2.25. The van der Waals surface area contributed by atoms with E-state index in [-0.39, 0.29) is 0 Å². The maximum absolute atomic E-state index is 6.02. The van der Waals surface area contributed by atoms with Gasteiger partial charge in [0, 0.05) is 5.69 Å². The Hall–Kier alpha value is -0.980. The predicted molar refractivity (Wildman–Crippen MR) is 63.7 cm³/mol. The van der Waals surface area contributed by atoms with Crippen molar-refractivity contribution in [1.82, 2.24) is 0 Å². The Morgan fingerprint density at radius 3 is 2.36 bits per heavy atom. The molecule has 78 valence electrons. The van der Waals surface area contributed by atoms with Gasteiger partial charge < -0.3 is 5.73 Å². The third kappa shape index (κ3) is 2.09. The van der Waals surface area contributed by atoms with Gasteiger partial charge in [-0.25, -0.2) is 0 Å². The van der Waals surface area contributed by atoms with Crippen LogP contribution in [-0.4, -0.2) is 0 Å². The summed E-state index contributed by atoms with van der Waals surface area (Å²) in [5, 5.41) is 0. The number of nitrogen functional groups attached to an aromatic ring is 1. The minimum atomic E-state index is 0.974. The molecule has 0 fully saturated rings. The lowest BCUT2D eigenvalue weighted by atomic mass is 9.94. The van der Waals surface area contributed by atoms with E-state index in [0.29, 0.717) is 0 Å². The van der Waals surface area contributed by atoms with Gasteiger partial charge >= 0.3 is 0 Å². The molecule has 0 atom stereocenters. The molecule has 0 radical (unpaired) electrons. The van der Waals surface area contributed by atoms with Crippen LogP contribution in [0.25, 0.3) is 0 Å². The maximum atomic E-state index is 6.02. The molecule has 1 rings (SSSR count). The minimum absolute atomic E-state index is 0.974. The van der Waals surface area contributed by atoms with Gasteiger partial charge in [0.05, 0.1) is 0 Å². The summed E-state index contributed by atoms with van der Waals surface area (Å²) < 4.78 is 0. The van der Waals surface area contributed by atoms with Crippen molar-refractivity contribution in [1.29, 1.82) is 0 Å². The Kier molecular flexibility index (Phi) is 3.56. The smallest absolute Gasteiger partial charge is 0.0376 e. The van der Waals surface area contributed by atoms with Crippen molar-refractivity contribution in [2.75, 3.05) is 5.73 Å². The van der Waals surface area contributed by atoms with Crippen LogP contribution in [0.3, 0.4) is 0 Å². The van der Waals surface area contributed by atoms with E-state index in [1.54, 1.807) is 0 Å². The predicted octanol–water partition coefficient (Wildman–Crippen LogP) is 3.54. The van der Waals surface area contributed by atoms with Crippen molar-refractivity contribution in [3.63, 3.8) is 0 Å². The standard InChI is InChI=1S/C13H21N/c1-5-6-7-12-9(2)8-10(3)13(14)11(12)4/h8H,5-7,14H2,1-4H3. The van der Waals surface area contributed by atoms with Crippen molar-refractivity contribution < 1.29 is 0 Å². The summed E-state index contributed by atoms with van der Waals surface area (Å²) >= 11 is 0. The average molecular weight is 191 g/mol. The summed E-state index contributed by atoms with van der Waals surface area (Å²) in [6, 6.07) is 2.20. The largest absolute Gasteiger partial charge is 0.398 e. The molecule has 2 N–H and O–H groups in total. The summed E-state index contributed by atoms with van der Waals surface area (Å²) in [5.41, 5.74) is 12.3. The fraction of sp³-hybridized carbons (Fsp3) is 0.538. The van der Waals surface area contributed by atoms with Gasteiger partial charge in [-0.05, 0) is 55.9 Å². The SMILES string of the molecule is CCCCc1c(C)cc(C)c(N)c1C. The number of hydrogen-bond donors (Lipinski definition) is 1. The number of benzene rings is 1. The van der Waals surface area contributed by atoms with E-state index in [1.807, 2.05) is 0 Å². The highest BCUT2D eigenvalue weighted by atomic mass is 14.6. The second-order valence-electron chi connectivity index (χ2n) is 4.13. The number of nitrogens with two attached hydrogens (primary N) is 1. The maximum Gasteiger partial charge on any atom is 0.0376 e. The Bertz CT molecular complexity index is 326. The van der Waals surface area contributed by atoms with Crippen LogP contribution in [0.1, 0.15) is 42.0 Å². The molecule has 0 bridgehead atoms. The van der Waals surface area contributed by atoms with E-state index in [0.717, 1.165) is 5.69 Å². The second kappa shape index (κ2) is 4.50. The molecule has 0 aliphatic rings. The number of hydrogen-bond acceptors (Lipinski definition) is 1. The third-order valence-electron chi connectivity index (χ3n) is 2.97. The highest BCUT2D eigenvalue weighted by Gasteiger charge is 2.07. The summed E-state index contributed by atoms with van der Waals surface area (Å²) in [4.78, 5) is 0. The van der Waals surface area contributed by atoms with Gasteiger partial charge in [0.25, 0.3) is 0 Å². The molecule has 1 nitrogen and oxygen atoms in total. The fourth-order valence-electron chi connectivity index (χ4n) is 1.98. The Morgan fingerprint density at radius 2 is 1.79 bits per heavy atom. The molecule has 1 aromatic carbocycles. The number of rotatable bonds is 3. The topological polar surface area (TPSA) is 26.0 Å². The van der Waals surface area contributed by atoms with Crippen LogP contribution in [0.4, 0.5) is 5.69 Å². The first kappa shape index (κ1) is 11.1. The van der Waals surface area contributed by atoms with Gasteiger partial charge in [-0.15, -0.1) is 0 Å². The Morgan fingerprint density at radius 1 is 1.14 bits per heavy atom. The quantitative estimate of drug-likeness (QED) is 0.727. The zero-order valence-corrected chi connectivity index (χ0v) is 9.78. The first-order valence-electron chi connectivity index (χ1n) is 5.43. The van der Waals surface area contributed by atoms with Crippen LogP contribution in [-0.2, 0) is 6.42 Å². The van der Waals surface area contributed by atoms with Gasteiger partial charge in [0.15, 0.2) is 0 Å². The fourth-order valence-corrected chi connectivity index (χ4v) is 1.98. The molecule has 0 unspecified atom stereocenters. The molecular formula is C13H21N. The lowest BCUT2D eigenvalue weighted by molar-refractivity contribution is 0.787. The van der Waals surface area contributed by atoms with Gasteiger partial charge in [-0.3, -0.25) is 0 Å². The van der Waals surface area contributed by atoms with Crippen LogP contribution in [0.2, 0.25) is 0 Å². The highest BCUT2D eigenvalue weighted by molar-refractivity contribution is 5.58. The van der Waals surface area contributed by atoms with Gasteiger partial charge in [-0.2, -0.15) is 0 Å². The monoisotopic (exact) mass is 191 g/mol. The second-order valence-corrected chi connectivity index (χ2v) is 4.13. The zero-order valence-electron chi connectivity index (χ0n) is 9.78. The van der Waals surface area contributed by atoms with E-state index < -0.39 is 0 Å². The summed E-state index contributed by atoms with van der Waals surface area (Å²) in [5.74, 6) is 0. The molecule has 14 heavy (non-hydrogen) atoms. The lowest BCUT2D eigenvalue weighted by Crippen LogP contribution is -2.01. The first-order valence-corrected chi connectivity index (χ1v) is 5.43. The summed E-state index contributed by atoms with van der Waals surface area (Å²) in [6.07, 6.45) is 3.66. The third-order valence-corrected chi connectivity index (χ3v) is 2.97. The van der Waals surface area contributed by atoms with Crippen molar-refractivity contribution in [2.24, 2.45) is 0 Å². The van der Waals surface area contributed by atoms with Crippen LogP contribution in [0, 0.1) is 20.8 Å². The molecule has 0 aliphatic carbocycles. The number of unbranched alkanes of at least 4 members (excludes halogenated alkanes) is 1. The van der Waals surface area contributed by atoms with Crippen LogP contribution in [0.15, 0.2) is 6.07 Å². The Labute approximate surface area is 87.3 Å². The molecule has 0 aromatic heterocycles. The molecular weight excluding hydrogens is 170 g/mol. The normalized spacial score (nSPS) is 10.6. The molecule has 0 saturated carbocycles. The van der Waals surface area contributed by atoms with E-state index in [4.69, 9.17) is 5.73 Å². The Balaban J connectivity index is 3.09. The molecule has 0 heterocycles.